The fourth-order valence-electron chi connectivity index (χ4n) is 2.83. The molecule has 3 heteroatoms. The summed E-state index contributed by atoms with van der Waals surface area (Å²) in [5.41, 5.74) is 5.41. The van der Waals surface area contributed by atoms with Crippen LogP contribution in [0.4, 0.5) is 0 Å². The van der Waals surface area contributed by atoms with Crippen LogP contribution in [-0.2, 0) is 7.05 Å². The van der Waals surface area contributed by atoms with Crippen molar-refractivity contribution in [3.8, 4) is 11.1 Å². The Morgan fingerprint density at radius 1 is 1.18 bits per heavy atom. The molecule has 0 atom stereocenters. The average Bonchev–Trinajstić information content (AvgIpc) is 2.80. The highest BCUT2D eigenvalue weighted by Crippen LogP contribution is 2.31. The van der Waals surface area contributed by atoms with Gasteiger partial charge in [-0.15, -0.1) is 0 Å². The molecule has 0 aliphatic rings. The fraction of sp³-hybridized carbons (Fsp3) is 0.105. The molecule has 0 saturated heterocycles. The zero-order valence-electron chi connectivity index (χ0n) is 12.8. The van der Waals surface area contributed by atoms with Crippen LogP contribution in [0.2, 0.25) is 0 Å². The van der Waals surface area contributed by atoms with Crippen molar-refractivity contribution in [2.75, 3.05) is 0 Å². The van der Waals surface area contributed by atoms with Crippen molar-refractivity contribution in [1.82, 2.24) is 9.55 Å². The first kappa shape index (κ1) is 14.1. The molecule has 22 heavy (non-hydrogen) atoms. The van der Waals surface area contributed by atoms with Crippen molar-refractivity contribution in [3.63, 3.8) is 0 Å². The van der Waals surface area contributed by atoms with E-state index in [1.807, 2.05) is 25.1 Å². The Morgan fingerprint density at radius 3 is 2.59 bits per heavy atom. The summed E-state index contributed by atoms with van der Waals surface area (Å²) < 4.78 is 2.17. The first-order chi connectivity index (χ1) is 10.7. The van der Waals surface area contributed by atoms with E-state index in [-0.39, 0.29) is 5.56 Å². The van der Waals surface area contributed by atoms with Crippen LogP contribution in [0.3, 0.4) is 0 Å². The van der Waals surface area contributed by atoms with Crippen LogP contribution in [0.15, 0.2) is 54.0 Å². The van der Waals surface area contributed by atoms with Crippen LogP contribution < -0.4 is 5.56 Å². The number of H-pyrrole nitrogens is 1. The van der Waals surface area contributed by atoms with Gasteiger partial charge in [-0.25, -0.2) is 0 Å². The van der Waals surface area contributed by atoms with Gasteiger partial charge in [0.05, 0.1) is 0 Å². The molecule has 1 aromatic carbocycles. The van der Waals surface area contributed by atoms with Crippen LogP contribution >= 0.6 is 0 Å². The fourth-order valence-corrected chi connectivity index (χ4v) is 2.83. The number of aromatic amines is 1. The number of aryl methyl sites for hydroxylation is 1. The number of benzene rings is 1. The van der Waals surface area contributed by atoms with E-state index in [9.17, 15) is 4.79 Å². The molecule has 1 N–H and O–H groups in total. The van der Waals surface area contributed by atoms with Crippen LogP contribution in [0, 0.1) is 0 Å². The third-order valence-electron chi connectivity index (χ3n) is 3.93. The molecule has 0 aliphatic heterocycles. The number of nitrogens with one attached hydrogen (secondary N) is 1. The van der Waals surface area contributed by atoms with Gasteiger partial charge in [0.25, 0.3) is 0 Å². The van der Waals surface area contributed by atoms with E-state index in [1.54, 1.807) is 12.3 Å². The lowest BCUT2D eigenvalue weighted by Crippen LogP contribution is -2.01. The standard InChI is InChI=1S/C19H18N2O/c1-4-6-17-15(5-2)16-9-7-13(11-18(16)21(17)3)14-8-10-19(22)20-12-14/h4-12H,2H2,1,3H3,(H,20,22)/b6-4-. The van der Waals surface area contributed by atoms with Crippen LogP contribution in [0.5, 0.6) is 0 Å². The van der Waals surface area contributed by atoms with Crippen molar-refractivity contribution in [2.45, 2.75) is 6.92 Å². The van der Waals surface area contributed by atoms with Crippen molar-refractivity contribution >= 4 is 23.1 Å². The molecule has 0 saturated carbocycles. The summed E-state index contributed by atoms with van der Waals surface area (Å²) in [5, 5.41) is 1.18. The smallest absolute Gasteiger partial charge is 0.247 e. The maximum atomic E-state index is 11.2. The normalized spacial score (nSPS) is 11.4. The number of pyridine rings is 1. The van der Waals surface area contributed by atoms with E-state index in [0.717, 1.165) is 27.9 Å². The highest BCUT2D eigenvalue weighted by molar-refractivity contribution is 5.95. The molecule has 0 bridgehead atoms. The van der Waals surface area contributed by atoms with Gasteiger partial charge < -0.3 is 9.55 Å². The predicted molar refractivity (Wildman–Crippen MR) is 93.8 cm³/mol. The molecule has 0 fully saturated rings. The first-order valence-electron chi connectivity index (χ1n) is 7.22. The molecule has 0 aliphatic carbocycles. The Hall–Kier alpha value is -2.81. The van der Waals surface area contributed by atoms with Crippen LogP contribution in [0.25, 0.3) is 34.2 Å². The summed E-state index contributed by atoms with van der Waals surface area (Å²) in [5.74, 6) is 0. The second kappa shape index (κ2) is 5.53. The van der Waals surface area contributed by atoms with E-state index in [1.165, 1.54) is 5.39 Å². The van der Waals surface area contributed by atoms with Gasteiger partial charge in [-0.3, -0.25) is 4.79 Å². The topological polar surface area (TPSA) is 37.8 Å². The van der Waals surface area contributed by atoms with Crippen molar-refractivity contribution in [2.24, 2.45) is 7.05 Å². The highest BCUT2D eigenvalue weighted by atomic mass is 16.1. The first-order valence-corrected chi connectivity index (χ1v) is 7.22. The summed E-state index contributed by atoms with van der Waals surface area (Å²) in [4.78, 5) is 13.9. The lowest BCUT2D eigenvalue weighted by atomic mass is 10.0. The molecule has 0 spiro atoms. The van der Waals surface area contributed by atoms with Crippen molar-refractivity contribution in [1.29, 1.82) is 0 Å². The van der Waals surface area contributed by atoms with Gasteiger partial charge in [0.2, 0.25) is 5.56 Å². The third kappa shape index (κ3) is 2.21. The molecule has 110 valence electrons. The number of nitrogens with zero attached hydrogens (tertiary/aromatic N) is 1. The van der Waals surface area contributed by atoms with Crippen molar-refractivity contribution in [3.05, 3.63) is 70.8 Å². The van der Waals surface area contributed by atoms with E-state index < -0.39 is 0 Å². The summed E-state index contributed by atoms with van der Waals surface area (Å²) in [6.45, 7) is 5.95. The molecular formula is C19H18N2O. The quantitative estimate of drug-likeness (QED) is 0.771. The minimum atomic E-state index is -0.0898. The number of hydrogen-bond donors (Lipinski definition) is 1. The van der Waals surface area contributed by atoms with Crippen molar-refractivity contribution < 1.29 is 0 Å². The zero-order valence-corrected chi connectivity index (χ0v) is 12.8. The van der Waals surface area contributed by atoms with Gasteiger partial charge in [-0.1, -0.05) is 30.9 Å². The number of hydrogen-bond acceptors (Lipinski definition) is 1. The summed E-state index contributed by atoms with van der Waals surface area (Å²) in [7, 11) is 2.06. The molecule has 0 radical (unpaired) electrons. The van der Waals surface area contributed by atoms with Crippen LogP contribution in [-0.4, -0.2) is 9.55 Å². The second-order valence-electron chi connectivity index (χ2n) is 5.24. The Morgan fingerprint density at radius 2 is 1.95 bits per heavy atom. The maximum absolute atomic E-state index is 11.2. The Kier molecular flexibility index (Phi) is 3.55. The number of fused-ring (bicyclic) bond motifs is 1. The molecule has 2 aromatic heterocycles. The van der Waals surface area contributed by atoms with Crippen LogP contribution in [0.1, 0.15) is 18.2 Å². The number of rotatable bonds is 3. The molecule has 3 rings (SSSR count). The zero-order chi connectivity index (χ0) is 15.7. The third-order valence-corrected chi connectivity index (χ3v) is 3.93. The minimum absolute atomic E-state index is 0.0898. The SMILES string of the molecule is C=Cc1c(/C=C\C)n(C)c2cc(-c3ccc(=O)[nH]c3)ccc12. The number of aromatic nitrogens is 2. The summed E-state index contributed by atoms with van der Waals surface area (Å²) in [6.07, 6.45) is 7.77. The van der Waals surface area contributed by atoms with E-state index in [2.05, 4.69) is 47.5 Å². The summed E-state index contributed by atoms with van der Waals surface area (Å²) >= 11 is 0. The van der Waals surface area contributed by atoms with Gasteiger partial charge >= 0.3 is 0 Å². The molecule has 0 amide bonds. The monoisotopic (exact) mass is 290 g/mol. The molecule has 0 unspecified atom stereocenters. The average molecular weight is 290 g/mol. The minimum Gasteiger partial charge on any atom is -0.344 e. The van der Waals surface area contributed by atoms with E-state index >= 15 is 0 Å². The largest absolute Gasteiger partial charge is 0.344 e. The van der Waals surface area contributed by atoms with E-state index in [0.29, 0.717) is 0 Å². The summed E-state index contributed by atoms with van der Waals surface area (Å²) in [6, 6.07) is 9.71. The second-order valence-corrected chi connectivity index (χ2v) is 5.24. The predicted octanol–water partition coefficient (Wildman–Crippen LogP) is 4.21. The van der Waals surface area contributed by atoms with Gasteiger partial charge in [0.15, 0.2) is 0 Å². The Bertz CT molecular complexity index is 921. The van der Waals surface area contributed by atoms with E-state index in [4.69, 9.17) is 0 Å². The molecule has 3 aromatic rings. The Labute approximate surface area is 129 Å². The molecule has 2 heterocycles. The Balaban J connectivity index is 2.26. The van der Waals surface area contributed by atoms with Gasteiger partial charge in [0, 0.05) is 41.5 Å². The molecule has 3 nitrogen and oxygen atoms in total. The maximum Gasteiger partial charge on any atom is 0.247 e. The van der Waals surface area contributed by atoms with Gasteiger partial charge in [-0.2, -0.15) is 0 Å². The van der Waals surface area contributed by atoms with Gasteiger partial charge in [0.1, 0.15) is 0 Å². The highest BCUT2D eigenvalue weighted by Gasteiger charge is 2.11. The van der Waals surface area contributed by atoms with Gasteiger partial charge in [-0.05, 0) is 36.3 Å². The molecular weight excluding hydrogens is 272 g/mol. The number of allylic oxidation sites excluding steroid dienone is 1. The lowest BCUT2D eigenvalue weighted by molar-refractivity contribution is 0.953. The lowest BCUT2D eigenvalue weighted by Gasteiger charge is -2.03.